The Labute approximate surface area is 104 Å². The average Bonchev–Trinajstić information content (AvgIpc) is 2.88. The Kier molecular flexibility index (Phi) is 3.11. The summed E-state index contributed by atoms with van der Waals surface area (Å²) >= 11 is 0. The van der Waals surface area contributed by atoms with Crippen molar-refractivity contribution >= 4 is 5.97 Å². The van der Waals surface area contributed by atoms with E-state index in [9.17, 15) is 4.79 Å². The van der Waals surface area contributed by atoms with Crippen LogP contribution in [0.15, 0.2) is 36.8 Å². The van der Waals surface area contributed by atoms with Gasteiger partial charge >= 0.3 is 5.97 Å². The molecule has 0 radical (unpaired) electrons. The number of aromatic carboxylic acids is 1. The van der Waals surface area contributed by atoms with Gasteiger partial charge in [0.05, 0.1) is 24.0 Å². The van der Waals surface area contributed by atoms with Crippen molar-refractivity contribution in [1.29, 1.82) is 5.26 Å². The van der Waals surface area contributed by atoms with E-state index in [2.05, 4.69) is 11.1 Å². The molecule has 90 valence electrons. The van der Waals surface area contributed by atoms with Crippen LogP contribution in [0.1, 0.15) is 34.6 Å². The molecule has 5 heteroatoms. The molecule has 0 aliphatic rings. The number of rotatable bonds is 3. The fraction of sp³-hybridized carbons (Fsp3) is 0.154. The highest BCUT2D eigenvalue weighted by Crippen LogP contribution is 2.18. The predicted molar refractivity (Wildman–Crippen MR) is 64.2 cm³/mol. The van der Waals surface area contributed by atoms with Crippen LogP contribution in [-0.4, -0.2) is 20.6 Å². The van der Waals surface area contributed by atoms with Crippen molar-refractivity contribution in [1.82, 2.24) is 9.55 Å². The first-order valence-corrected chi connectivity index (χ1v) is 5.38. The van der Waals surface area contributed by atoms with Gasteiger partial charge in [0.2, 0.25) is 0 Å². The molecule has 0 aliphatic heterocycles. The quantitative estimate of drug-likeness (QED) is 0.892. The minimum Gasteiger partial charge on any atom is -0.476 e. The van der Waals surface area contributed by atoms with Crippen molar-refractivity contribution in [2.24, 2.45) is 0 Å². The van der Waals surface area contributed by atoms with E-state index in [1.54, 1.807) is 16.7 Å². The van der Waals surface area contributed by atoms with Gasteiger partial charge in [0.1, 0.15) is 0 Å². The van der Waals surface area contributed by atoms with E-state index >= 15 is 0 Å². The second-order valence-electron chi connectivity index (χ2n) is 3.92. The number of carbonyl (C=O) groups is 1. The van der Waals surface area contributed by atoms with E-state index in [4.69, 9.17) is 10.4 Å². The Morgan fingerprint density at radius 3 is 2.61 bits per heavy atom. The fourth-order valence-electron chi connectivity index (χ4n) is 1.67. The van der Waals surface area contributed by atoms with Gasteiger partial charge in [-0.25, -0.2) is 9.78 Å². The number of hydrogen-bond donors (Lipinski definition) is 1. The van der Waals surface area contributed by atoms with Gasteiger partial charge in [-0.05, 0) is 24.6 Å². The topological polar surface area (TPSA) is 78.9 Å². The Bertz CT molecular complexity index is 608. The molecule has 2 rings (SSSR count). The van der Waals surface area contributed by atoms with Crippen LogP contribution in [-0.2, 0) is 0 Å². The first-order valence-electron chi connectivity index (χ1n) is 5.38. The highest BCUT2D eigenvalue weighted by molar-refractivity contribution is 5.84. The minimum atomic E-state index is -1.04. The number of aromatic nitrogens is 2. The summed E-state index contributed by atoms with van der Waals surface area (Å²) in [7, 11) is 0. The van der Waals surface area contributed by atoms with Crippen molar-refractivity contribution in [3.63, 3.8) is 0 Å². The maximum absolute atomic E-state index is 10.7. The van der Waals surface area contributed by atoms with Gasteiger partial charge in [-0.15, -0.1) is 0 Å². The summed E-state index contributed by atoms with van der Waals surface area (Å²) in [6.45, 7) is 1.94. The zero-order chi connectivity index (χ0) is 13.1. The number of carboxylic acid groups (broad SMARTS) is 1. The molecule has 1 aromatic heterocycles. The SMILES string of the molecule is C[C@@H](c1ccc(C#N)cc1)n1cnc(C(=O)O)c1. The summed E-state index contributed by atoms with van der Waals surface area (Å²) in [5, 5.41) is 17.5. The van der Waals surface area contributed by atoms with Crippen molar-refractivity contribution < 1.29 is 9.90 Å². The van der Waals surface area contributed by atoms with Gasteiger partial charge in [-0.1, -0.05) is 12.1 Å². The summed E-state index contributed by atoms with van der Waals surface area (Å²) in [6, 6.07) is 9.20. The lowest BCUT2D eigenvalue weighted by molar-refractivity contribution is 0.0691. The standard InChI is InChI=1S/C13H11N3O2/c1-9(11-4-2-10(6-14)3-5-11)16-7-12(13(17)18)15-8-16/h2-5,7-9H,1H3,(H,17,18)/t9-/m0/s1. The van der Waals surface area contributed by atoms with Gasteiger partial charge in [-0.2, -0.15) is 5.26 Å². The highest BCUT2D eigenvalue weighted by atomic mass is 16.4. The van der Waals surface area contributed by atoms with Gasteiger partial charge in [0, 0.05) is 6.20 Å². The maximum atomic E-state index is 10.7. The predicted octanol–water partition coefficient (Wildman–Crippen LogP) is 2.06. The molecule has 0 unspecified atom stereocenters. The molecule has 0 bridgehead atoms. The third-order valence-corrected chi connectivity index (χ3v) is 2.79. The monoisotopic (exact) mass is 241 g/mol. The summed E-state index contributed by atoms with van der Waals surface area (Å²) < 4.78 is 1.73. The van der Waals surface area contributed by atoms with Crippen molar-refractivity contribution in [2.75, 3.05) is 0 Å². The molecule has 1 atom stereocenters. The Balaban J connectivity index is 2.26. The lowest BCUT2D eigenvalue weighted by atomic mass is 10.1. The maximum Gasteiger partial charge on any atom is 0.356 e. The molecule has 0 amide bonds. The summed E-state index contributed by atoms with van der Waals surface area (Å²) in [5.74, 6) is -1.04. The largest absolute Gasteiger partial charge is 0.476 e. The number of hydrogen-bond acceptors (Lipinski definition) is 3. The van der Waals surface area contributed by atoms with E-state index < -0.39 is 5.97 Å². The van der Waals surface area contributed by atoms with Crippen molar-refractivity contribution in [3.8, 4) is 6.07 Å². The van der Waals surface area contributed by atoms with Crippen LogP contribution in [0, 0.1) is 11.3 Å². The van der Waals surface area contributed by atoms with Gasteiger partial charge in [0.15, 0.2) is 5.69 Å². The van der Waals surface area contributed by atoms with Gasteiger partial charge in [0.25, 0.3) is 0 Å². The average molecular weight is 241 g/mol. The van der Waals surface area contributed by atoms with E-state index in [1.807, 2.05) is 19.1 Å². The molecule has 5 nitrogen and oxygen atoms in total. The van der Waals surface area contributed by atoms with Crippen LogP contribution in [0.5, 0.6) is 0 Å². The number of nitriles is 1. The highest BCUT2D eigenvalue weighted by Gasteiger charge is 2.12. The molecule has 1 aromatic carbocycles. The van der Waals surface area contributed by atoms with Crippen LogP contribution in [0.3, 0.4) is 0 Å². The Morgan fingerprint density at radius 1 is 1.44 bits per heavy atom. The number of nitrogens with zero attached hydrogens (tertiary/aromatic N) is 3. The van der Waals surface area contributed by atoms with Gasteiger partial charge < -0.3 is 9.67 Å². The summed E-state index contributed by atoms with van der Waals surface area (Å²) in [5.41, 5.74) is 1.61. The van der Waals surface area contributed by atoms with Gasteiger partial charge in [-0.3, -0.25) is 0 Å². The molecule has 18 heavy (non-hydrogen) atoms. The first-order chi connectivity index (χ1) is 8.61. The number of imidazole rings is 1. The second-order valence-corrected chi connectivity index (χ2v) is 3.92. The molecule has 0 aliphatic carbocycles. The molecule has 0 spiro atoms. The van der Waals surface area contributed by atoms with Crippen molar-refractivity contribution in [3.05, 3.63) is 53.6 Å². The molecular weight excluding hydrogens is 230 g/mol. The fourth-order valence-corrected chi connectivity index (χ4v) is 1.67. The zero-order valence-corrected chi connectivity index (χ0v) is 9.74. The van der Waals surface area contributed by atoms with Crippen LogP contribution in [0.2, 0.25) is 0 Å². The summed E-state index contributed by atoms with van der Waals surface area (Å²) in [6.07, 6.45) is 2.98. The molecular formula is C13H11N3O2. The summed E-state index contributed by atoms with van der Waals surface area (Å²) in [4.78, 5) is 14.6. The minimum absolute atomic E-state index is 0.0236. The molecule has 0 saturated heterocycles. The zero-order valence-electron chi connectivity index (χ0n) is 9.74. The van der Waals surface area contributed by atoms with Crippen LogP contribution < -0.4 is 0 Å². The lowest BCUT2D eigenvalue weighted by Gasteiger charge is -2.13. The van der Waals surface area contributed by atoms with E-state index in [1.165, 1.54) is 12.5 Å². The Hall–Kier alpha value is -2.61. The van der Waals surface area contributed by atoms with E-state index in [-0.39, 0.29) is 11.7 Å². The normalized spacial score (nSPS) is 11.8. The van der Waals surface area contributed by atoms with Crippen LogP contribution in [0.4, 0.5) is 0 Å². The Morgan fingerprint density at radius 2 is 2.11 bits per heavy atom. The van der Waals surface area contributed by atoms with Crippen molar-refractivity contribution in [2.45, 2.75) is 13.0 Å². The van der Waals surface area contributed by atoms with E-state index in [0.717, 1.165) is 5.56 Å². The third-order valence-electron chi connectivity index (χ3n) is 2.79. The van der Waals surface area contributed by atoms with Crippen LogP contribution in [0.25, 0.3) is 0 Å². The van der Waals surface area contributed by atoms with E-state index in [0.29, 0.717) is 5.56 Å². The number of carboxylic acids is 1. The molecule has 2 aromatic rings. The third kappa shape index (κ3) is 2.23. The smallest absolute Gasteiger partial charge is 0.356 e. The molecule has 0 fully saturated rings. The lowest BCUT2D eigenvalue weighted by Crippen LogP contribution is -2.04. The number of benzene rings is 1. The molecule has 1 heterocycles. The molecule has 1 N–H and O–H groups in total. The van der Waals surface area contributed by atoms with Crippen LogP contribution >= 0.6 is 0 Å². The second kappa shape index (κ2) is 4.72. The molecule has 0 saturated carbocycles. The first kappa shape index (κ1) is 11.9.